The Balaban J connectivity index is 1.98. The van der Waals surface area contributed by atoms with Crippen LogP contribution in [0, 0.1) is 5.92 Å². The summed E-state index contributed by atoms with van der Waals surface area (Å²) in [6.45, 7) is 2.64. The van der Waals surface area contributed by atoms with Gasteiger partial charge in [-0.15, -0.1) is 0 Å². The first-order valence-electron chi connectivity index (χ1n) is 6.51. The summed E-state index contributed by atoms with van der Waals surface area (Å²) >= 11 is 0. The zero-order valence-electron chi connectivity index (χ0n) is 11.1. The Bertz CT molecular complexity index is 400. The van der Waals surface area contributed by atoms with E-state index in [1.807, 2.05) is 25.1 Å². The molecule has 3 nitrogen and oxygen atoms in total. The molecule has 0 radical (unpaired) electrons. The van der Waals surface area contributed by atoms with Crippen molar-refractivity contribution in [3.05, 3.63) is 35.9 Å². The number of benzene rings is 1. The summed E-state index contributed by atoms with van der Waals surface area (Å²) in [6.07, 6.45) is 3.34. The molecule has 1 aliphatic rings. The van der Waals surface area contributed by atoms with Crippen LogP contribution in [0.25, 0.3) is 0 Å². The minimum absolute atomic E-state index is 0.162. The molecule has 1 N–H and O–H groups in total. The molecule has 3 heteroatoms. The third-order valence-electron chi connectivity index (χ3n) is 3.56. The molecule has 0 aliphatic heterocycles. The Kier molecular flexibility index (Phi) is 4.02. The standard InChI is InChI=1S/C15H21NO2/c1-15(14(17)18-2,10-12-8-9-12)16-11-13-6-4-3-5-7-13/h3-7,12,16H,8-11H2,1-2H3. The van der Waals surface area contributed by atoms with Crippen molar-refractivity contribution in [3.63, 3.8) is 0 Å². The predicted octanol–water partition coefficient (Wildman–Crippen LogP) is 2.51. The molecule has 1 unspecified atom stereocenters. The highest BCUT2D eigenvalue weighted by atomic mass is 16.5. The van der Waals surface area contributed by atoms with Gasteiger partial charge in [0.15, 0.2) is 0 Å². The zero-order valence-corrected chi connectivity index (χ0v) is 11.1. The molecular formula is C15H21NO2. The highest BCUT2D eigenvalue weighted by Crippen LogP contribution is 2.37. The number of ether oxygens (including phenoxy) is 1. The summed E-state index contributed by atoms with van der Waals surface area (Å²) in [5.74, 6) is 0.516. The first kappa shape index (κ1) is 13.1. The van der Waals surface area contributed by atoms with E-state index < -0.39 is 5.54 Å². The molecule has 0 saturated heterocycles. The van der Waals surface area contributed by atoms with Crippen LogP contribution >= 0.6 is 0 Å². The fourth-order valence-corrected chi connectivity index (χ4v) is 2.25. The number of carbonyl (C=O) groups is 1. The Morgan fingerprint density at radius 2 is 2.06 bits per heavy atom. The molecule has 1 saturated carbocycles. The van der Waals surface area contributed by atoms with Crippen LogP contribution in [0.5, 0.6) is 0 Å². The number of hydrogen-bond acceptors (Lipinski definition) is 3. The maximum Gasteiger partial charge on any atom is 0.325 e. The molecule has 18 heavy (non-hydrogen) atoms. The Labute approximate surface area is 109 Å². The van der Waals surface area contributed by atoms with E-state index in [1.54, 1.807) is 0 Å². The quantitative estimate of drug-likeness (QED) is 0.785. The normalized spacial score (nSPS) is 18.1. The van der Waals surface area contributed by atoms with Crippen molar-refractivity contribution in [2.24, 2.45) is 5.92 Å². The maximum atomic E-state index is 11.9. The van der Waals surface area contributed by atoms with Gasteiger partial charge in [-0.3, -0.25) is 10.1 Å². The lowest BCUT2D eigenvalue weighted by Gasteiger charge is -2.28. The largest absolute Gasteiger partial charge is 0.468 e. The first-order chi connectivity index (χ1) is 8.64. The lowest BCUT2D eigenvalue weighted by atomic mass is 9.94. The van der Waals surface area contributed by atoms with Gasteiger partial charge in [-0.2, -0.15) is 0 Å². The van der Waals surface area contributed by atoms with Crippen LogP contribution in [0.2, 0.25) is 0 Å². The molecule has 0 heterocycles. The van der Waals surface area contributed by atoms with E-state index in [0.717, 1.165) is 6.42 Å². The molecule has 1 fully saturated rings. The summed E-state index contributed by atoms with van der Waals surface area (Å²) in [5.41, 5.74) is 0.620. The smallest absolute Gasteiger partial charge is 0.325 e. The lowest BCUT2D eigenvalue weighted by molar-refractivity contribution is -0.148. The second-order valence-corrected chi connectivity index (χ2v) is 5.31. The van der Waals surface area contributed by atoms with E-state index in [2.05, 4.69) is 17.4 Å². The van der Waals surface area contributed by atoms with E-state index in [-0.39, 0.29) is 5.97 Å². The van der Waals surface area contributed by atoms with Crippen molar-refractivity contribution < 1.29 is 9.53 Å². The average Bonchev–Trinajstić information content (AvgIpc) is 3.20. The SMILES string of the molecule is COC(=O)C(C)(CC1CC1)NCc1ccccc1. The highest BCUT2D eigenvalue weighted by Gasteiger charge is 2.39. The lowest BCUT2D eigenvalue weighted by Crippen LogP contribution is -2.50. The molecule has 2 rings (SSSR count). The fraction of sp³-hybridized carbons (Fsp3) is 0.533. The van der Waals surface area contributed by atoms with Gasteiger partial charge in [-0.1, -0.05) is 43.2 Å². The first-order valence-corrected chi connectivity index (χ1v) is 6.51. The molecule has 0 aromatic heterocycles. The Morgan fingerprint density at radius 3 is 2.61 bits per heavy atom. The predicted molar refractivity (Wildman–Crippen MR) is 71.0 cm³/mol. The number of hydrogen-bond donors (Lipinski definition) is 1. The van der Waals surface area contributed by atoms with Gasteiger partial charge < -0.3 is 4.74 Å². The summed E-state index contributed by atoms with van der Waals surface area (Å²) in [7, 11) is 1.46. The van der Waals surface area contributed by atoms with Crippen molar-refractivity contribution in [1.29, 1.82) is 0 Å². The molecule has 0 spiro atoms. The number of nitrogens with one attached hydrogen (secondary N) is 1. The van der Waals surface area contributed by atoms with Crippen molar-refractivity contribution in [3.8, 4) is 0 Å². The summed E-state index contributed by atoms with van der Waals surface area (Å²) in [4.78, 5) is 11.9. The van der Waals surface area contributed by atoms with Gasteiger partial charge in [-0.05, 0) is 24.8 Å². The van der Waals surface area contributed by atoms with Crippen LogP contribution in [0.1, 0.15) is 31.7 Å². The monoisotopic (exact) mass is 247 g/mol. The molecule has 1 aromatic rings. The highest BCUT2D eigenvalue weighted by molar-refractivity contribution is 5.80. The van der Waals surface area contributed by atoms with Crippen molar-refractivity contribution in [2.75, 3.05) is 7.11 Å². The van der Waals surface area contributed by atoms with E-state index in [4.69, 9.17) is 4.74 Å². The third kappa shape index (κ3) is 3.33. The Hall–Kier alpha value is -1.35. The Morgan fingerprint density at radius 1 is 1.39 bits per heavy atom. The van der Waals surface area contributed by atoms with Gasteiger partial charge in [0, 0.05) is 6.54 Å². The van der Waals surface area contributed by atoms with Gasteiger partial charge in [0.05, 0.1) is 7.11 Å². The number of esters is 1. The van der Waals surface area contributed by atoms with Gasteiger partial charge in [0.1, 0.15) is 5.54 Å². The molecule has 0 bridgehead atoms. The van der Waals surface area contributed by atoms with Crippen LogP contribution in [0.15, 0.2) is 30.3 Å². The van der Waals surface area contributed by atoms with Crippen LogP contribution in [0.4, 0.5) is 0 Å². The van der Waals surface area contributed by atoms with Gasteiger partial charge in [-0.25, -0.2) is 0 Å². The number of carbonyl (C=O) groups excluding carboxylic acids is 1. The molecule has 0 amide bonds. The maximum absolute atomic E-state index is 11.9. The third-order valence-corrected chi connectivity index (χ3v) is 3.56. The topological polar surface area (TPSA) is 38.3 Å². The van der Waals surface area contributed by atoms with Crippen molar-refractivity contribution in [1.82, 2.24) is 5.32 Å². The zero-order chi connectivity index (χ0) is 13.0. The van der Waals surface area contributed by atoms with E-state index >= 15 is 0 Å². The summed E-state index contributed by atoms with van der Waals surface area (Å²) < 4.78 is 4.93. The molecule has 98 valence electrons. The minimum atomic E-state index is -0.564. The molecular weight excluding hydrogens is 226 g/mol. The van der Waals surface area contributed by atoms with Gasteiger partial charge >= 0.3 is 5.97 Å². The molecule has 1 atom stereocenters. The van der Waals surface area contributed by atoms with Crippen LogP contribution < -0.4 is 5.32 Å². The van der Waals surface area contributed by atoms with Crippen LogP contribution in [0.3, 0.4) is 0 Å². The fourth-order valence-electron chi connectivity index (χ4n) is 2.25. The second-order valence-electron chi connectivity index (χ2n) is 5.31. The van der Waals surface area contributed by atoms with Gasteiger partial charge in [0.25, 0.3) is 0 Å². The molecule has 1 aromatic carbocycles. The van der Waals surface area contributed by atoms with Crippen molar-refractivity contribution in [2.45, 2.75) is 38.3 Å². The van der Waals surface area contributed by atoms with Crippen molar-refractivity contribution >= 4 is 5.97 Å². The number of methoxy groups -OCH3 is 1. The molecule has 1 aliphatic carbocycles. The van der Waals surface area contributed by atoms with E-state index in [9.17, 15) is 4.79 Å². The van der Waals surface area contributed by atoms with Crippen LogP contribution in [-0.2, 0) is 16.1 Å². The van der Waals surface area contributed by atoms with E-state index in [1.165, 1.54) is 25.5 Å². The minimum Gasteiger partial charge on any atom is -0.468 e. The van der Waals surface area contributed by atoms with Crippen LogP contribution in [-0.4, -0.2) is 18.6 Å². The van der Waals surface area contributed by atoms with E-state index in [0.29, 0.717) is 12.5 Å². The van der Waals surface area contributed by atoms with Gasteiger partial charge in [0.2, 0.25) is 0 Å². The number of rotatable bonds is 6. The summed E-state index contributed by atoms with van der Waals surface area (Å²) in [5, 5.41) is 3.36. The average molecular weight is 247 g/mol. The second kappa shape index (κ2) is 5.53. The summed E-state index contributed by atoms with van der Waals surface area (Å²) in [6, 6.07) is 10.1.